The number of rotatable bonds is 2. The van der Waals surface area contributed by atoms with Crippen molar-refractivity contribution in [2.75, 3.05) is 11.6 Å². The van der Waals surface area contributed by atoms with E-state index < -0.39 is 0 Å². The Morgan fingerprint density at radius 3 is 2.73 bits per heavy atom. The molecule has 0 saturated heterocycles. The highest BCUT2D eigenvalue weighted by atomic mass is 19.1. The Kier molecular flexibility index (Phi) is 3.94. The number of ether oxygens (including phenoxy) is 1. The first-order valence-corrected chi connectivity index (χ1v) is 8.71. The lowest BCUT2D eigenvalue weighted by Gasteiger charge is -2.32. The monoisotopic (exact) mass is 353 g/mol. The highest BCUT2D eigenvalue weighted by molar-refractivity contribution is 5.86. The Hall–Kier alpha value is -2.82. The molecule has 0 fully saturated rings. The van der Waals surface area contributed by atoms with Gasteiger partial charge in [-0.15, -0.1) is 0 Å². The Balaban J connectivity index is 1.81. The van der Waals surface area contributed by atoms with E-state index in [0.29, 0.717) is 24.4 Å². The fourth-order valence-corrected chi connectivity index (χ4v) is 3.52. The Morgan fingerprint density at radius 2 is 2.00 bits per heavy atom. The van der Waals surface area contributed by atoms with Gasteiger partial charge in [0.15, 0.2) is 6.73 Å². The normalized spacial score (nSPS) is 13.6. The molecule has 0 saturated carbocycles. The smallest absolute Gasteiger partial charge is 0.336 e. The van der Waals surface area contributed by atoms with Crippen molar-refractivity contribution in [3.05, 3.63) is 68.8 Å². The minimum atomic E-state index is -0.343. The van der Waals surface area contributed by atoms with E-state index in [1.165, 1.54) is 6.07 Å². The van der Waals surface area contributed by atoms with E-state index >= 15 is 0 Å². The van der Waals surface area contributed by atoms with Crippen LogP contribution in [0.15, 0.2) is 39.5 Å². The average molecular weight is 353 g/mol. The number of aryl methyl sites for hydroxylation is 3. The molecule has 1 aliphatic heterocycles. The molecule has 0 unspecified atom stereocenters. The van der Waals surface area contributed by atoms with Gasteiger partial charge in [0.25, 0.3) is 0 Å². The summed E-state index contributed by atoms with van der Waals surface area (Å²) in [5.74, 6) is 0.524. The molecule has 3 aromatic rings. The van der Waals surface area contributed by atoms with E-state index in [0.717, 1.165) is 39.9 Å². The largest absolute Gasteiger partial charge is 0.472 e. The number of hydrogen-bond donors (Lipinski definition) is 0. The quantitative estimate of drug-likeness (QED) is 0.638. The fourth-order valence-electron chi connectivity index (χ4n) is 3.52. The molecule has 0 atom stereocenters. The van der Waals surface area contributed by atoms with Crippen molar-refractivity contribution >= 4 is 16.7 Å². The molecule has 5 heteroatoms. The topological polar surface area (TPSA) is 42.7 Å². The number of anilines is 1. The van der Waals surface area contributed by atoms with Crippen molar-refractivity contribution in [3.63, 3.8) is 0 Å². The molecule has 1 aliphatic rings. The van der Waals surface area contributed by atoms with Crippen LogP contribution in [0.25, 0.3) is 11.0 Å². The first-order valence-electron chi connectivity index (χ1n) is 8.71. The van der Waals surface area contributed by atoms with E-state index in [1.807, 2.05) is 30.9 Å². The number of halogens is 1. The first kappa shape index (κ1) is 16.6. The average Bonchev–Trinajstić information content (AvgIpc) is 2.64. The molecule has 0 amide bonds. The van der Waals surface area contributed by atoms with E-state index in [-0.39, 0.29) is 11.4 Å². The molecule has 0 radical (unpaired) electrons. The highest BCUT2D eigenvalue weighted by Gasteiger charge is 2.23. The summed E-state index contributed by atoms with van der Waals surface area (Å²) in [6.07, 6.45) is 0.744. The molecule has 134 valence electrons. The summed E-state index contributed by atoms with van der Waals surface area (Å²) in [6.45, 7) is 6.60. The molecular formula is C21H20FNO3. The zero-order valence-corrected chi connectivity index (χ0v) is 15.1. The van der Waals surface area contributed by atoms with E-state index in [2.05, 4.69) is 0 Å². The summed E-state index contributed by atoms with van der Waals surface area (Å²) >= 11 is 0. The van der Waals surface area contributed by atoms with Crippen LogP contribution in [-0.4, -0.2) is 6.73 Å². The minimum absolute atomic E-state index is 0.224. The molecule has 0 N–H and O–H groups in total. The van der Waals surface area contributed by atoms with E-state index in [4.69, 9.17) is 9.15 Å². The molecule has 1 aromatic heterocycles. The Morgan fingerprint density at radius 1 is 1.19 bits per heavy atom. The maximum atomic E-state index is 13.9. The summed E-state index contributed by atoms with van der Waals surface area (Å²) in [7, 11) is 0. The van der Waals surface area contributed by atoms with Gasteiger partial charge in [-0.1, -0.05) is 13.0 Å². The van der Waals surface area contributed by atoms with Crippen LogP contribution in [0.5, 0.6) is 5.75 Å². The van der Waals surface area contributed by atoms with Crippen LogP contribution in [0.2, 0.25) is 0 Å². The number of fused-ring (bicyclic) bond motifs is 2. The summed E-state index contributed by atoms with van der Waals surface area (Å²) < 4.78 is 25.3. The molecule has 0 spiro atoms. The molecule has 2 aromatic carbocycles. The second-order valence-electron chi connectivity index (χ2n) is 6.72. The lowest BCUT2D eigenvalue weighted by molar-refractivity contribution is 0.287. The Labute approximate surface area is 150 Å². The maximum absolute atomic E-state index is 13.9. The van der Waals surface area contributed by atoms with Crippen LogP contribution in [-0.2, 0) is 13.0 Å². The van der Waals surface area contributed by atoms with Crippen LogP contribution >= 0.6 is 0 Å². The van der Waals surface area contributed by atoms with Crippen LogP contribution < -0.4 is 15.3 Å². The number of nitrogens with zero attached hydrogens (tertiary/aromatic N) is 1. The van der Waals surface area contributed by atoms with Crippen LogP contribution in [0.3, 0.4) is 0 Å². The molecule has 4 nitrogen and oxygen atoms in total. The number of benzene rings is 2. The van der Waals surface area contributed by atoms with Gasteiger partial charge in [0.1, 0.15) is 17.1 Å². The van der Waals surface area contributed by atoms with Crippen LogP contribution in [0.1, 0.15) is 29.2 Å². The van der Waals surface area contributed by atoms with Crippen molar-refractivity contribution in [1.82, 2.24) is 0 Å². The SMILES string of the molecule is CCc1cc(=O)oc2c(C)c3c(cc12)CN(c1ccc(C)c(F)c1)CO3. The van der Waals surface area contributed by atoms with Crippen molar-refractivity contribution < 1.29 is 13.5 Å². The summed E-state index contributed by atoms with van der Waals surface area (Å²) in [5.41, 5.74) is 4.45. The molecular weight excluding hydrogens is 333 g/mol. The van der Waals surface area contributed by atoms with Crippen molar-refractivity contribution in [1.29, 1.82) is 0 Å². The number of hydrogen-bond acceptors (Lipinski definition) is 4. The maximum Gasteiger partial charge on any atom is 0.336 e. The second-order valence-corrected chi connectivity index (χ2v) is 6.72. The van der Waals surface area contributed by atoms with Gasteiger partial charge in [-0.2, -0.15) is 0 Å². The van der Waals surface area contributed by atoms with Gasteiger partial charge in [0.2, 0.25) is 0 Å². The summed E-state index contributed by atoms with van der Waals surface area (Å²) in [6, 6.07) is 8.78. The third-order valence-electron chi connectivity index (χ3n) is 5.00. The van der Waals surface area contributed by atoms with Crippen molar-refractivity contribution in [2.45, 2.75) is 33.7 Å². The van der Waals surface area contributed by atoms with Crippen molar-refractivity contribution in [3.8, 4) is 5.75 Å². The lowest BCUT2D eigenvalue weighted by Crippen LogP contribution is -2.32. The molecule has 0 aliphatic carbocycles. The Bertz CT molecular complexity index is 1070. The molecule has 0 bridgehead atoms. The van der Waals surface area contributed by atoms with Gasteiger partial charge in [-0.05, 0) is 49.6 Å². The van der Waals surface area contributed by atoms with E-state index in [9.17, 15) is 9.18 Å². The van der Waals surface area contributed by atoms with Gasteiger partial charge in [-0.25, -0.2) is 9.18 Å². The second kappa shape index (κ2) is 6.16. The predicted molar refractivity (Wildman–Crippen MR) is 99.4 cm³/mol. The third kappa shape index (κ3) is 2.64. The first-order chi connectivity index (χ1) is 12.5. The fraction of sp³-hybridized carbons (Fsp3) is 0.286. The van der Waals surface area contributed by atoms with Gasteiger partial charge < -0.3 is 14.1 Å². The zero-order chi connectivity index (χ0) is 18.4. The third-order valence-corrected chi connectivity index (χ3v) is 5.00. The minimum Gasteiger partial charge on any atom is -0.472 e. The van der Waals surface area contributed by atoms with Gasteiger partial charge >= 0.3 is 5.63 Å². The lowest BCUT2D eigenvalue weighted by atomic mass is 9.99. The van der Waals surface area contributed by atoms with E-state index in [1.54, 1.807) is 19.1 Å². The molecule has 26 heavy (non-hydrogen) atoms. The van der Waals surface area contributed by atoms with Crippen LogP contribution in [0, 0.1) is 19.7 Å². The van der Waals surface area contributed by atoms with Gasteiger partial charge in [0.05, 0.1) is 0 Å². The standard InChI is InChI=1S/C21H20FNO3/c1-4-14-8-19(24)26-21-13(3)20-15(7-17(14)21)10-23(11-25-20)16-6-5-12(2)18(22)9-16/h5-9H,4,10-11H2,1-3H3. The van der Waals surface area contributed by atoms with Gasteiger partial charge in [0, 0.05) is 34.8 Å². The highest BCUT2D eigenvalue weighted by Crippen LogP contribution is 2.37. The van der Waals surface area contributed by atoms with Gasteiger partial charge in [-0.3, -0.25) is 0 Å². The van der Waals surface area contributed by atoms with Crippen LogP contribution in [0.4, 0.5) is 10.1 Å². The zero-order valence-electron chi connectivity index (χ0n) is 15.1. The molecule has 2 heterocycles. The predicted octanol–water partition coefficient (Wildman–Crippen LogP) is 4.47. The molecule has 4 rings (SSSR count). The van der Waals surface area contributed by atoms with Crippen molar-refractivity contribution in [2.24, 2.45) is 0 Å². The summed E-state index contributed by atoms with van der Waals surface area (Å²) in [5, 5.41) is 0.934. The summed E-state index contributed by atoms with van der Waals surface area (Å²) in [4.78, 5) is 13.8.